The summed E-state index contributed by atoms with van der Waals surface area (Å²) in [6.45, 7) is 2.46. The molecular weight excluding hydrogens is 248 g/mol. The smallest absolute Gasteiger partial charge is 0.0778 e. The minimum atomic E-state index is 0.280. The third-order valence-corrected chi connectivity index (χ3v) is 7.86. The summed E-state index contributed by atoms with van der Waals surface area (Å²) in [4.78, 5) is 2.63. The molecule has 0 saturated carbocycles. The summed E-state index contributed by atoms with van der Waals surface area (Å²) in [5.74, 6) is 2.88. The van der Waals surface area contributed by atoms with Crippen molar-refractivity contribution in [2.75, 3.05) is 24.6 Å². The number of fused-ring (bicyclic) bond motifs is 2. The summed E-state index contributed by atoms with van der Waals surface area (Å²) >= 11 is 4.32. The average Bonchev–Trinajstić information content (AvgIpc) is 2.39. The molecule has 3 fully saturated rings. The quantitative estimate of drug-likeness (QED) is 0.675. The minimum Gasteiger partial charge on any atom is -0.297 e. The van der Waals surface area contributed by atoms with E-state index in [1.54, 1.807) is 0 Å². The highest BCUT2D eigenvalue weighted by Crippen LogP contribution is 2.54. The molecule has 0 aromatic carbocycles. The number of thioether (sulfide) groups is 2. The Labute approximate surface area is 112 Å². The van der Waals surface area contributed by atoms with Crippen LogP contribution in [-0.2, 0) is 0 Å². The lowest BCUT2D eigenvalue weighted by molar-refractivity contribution is 0.0773. The Morgan fingerprint density at radius 2 is 1.88 bits per heavy atom. The van der Waals surface area contributed by atoms with E-state index in [4.69, 9.17) is 0 Å². The van der Waals surface area contributed by atoms with Crippen molar-refractivity contribution in [1.29, 1.82) is 5.26 Å². The molecule has 2 atom stereocenters. The van der Waals surface area contributed by atoms with Crippen molar-refractivity contribution in [1.82, 2.24) is 4.90 Å². The van der Waals surface area contributed by atoms with Crippen molar-refractivity contribution in [3.05, 3.63) is 0 Å². The second-order valence-electron chi connectivity index (χ2n) is 5.32. The van der Waals surface area contributed by atoms with E-state index >= 15 is 0 Å². The van der Waals surface area contributed by atoms with Crippen LogP contribution in [0.15, 0.2) is 0 Å². The van der Waals surface area contributed by atoms with E-state index in [1.165, 1.54) is 50.3 Å². The second kappa shape index (κ2) is 5.03. The number of nitrogens with zero attached hydrogens (tertiary/aromatic N) is 2. The SMILES string of the molecule is N#C[C@H]1CCCN2CCCC3(SCCCS3)[C@@H]12. The van der Waals surface area contributed by atoms with Gasteiger partial charge in [-0.15, -0.1) is 23.5 Å². The molecule has 17 heavy (non-hydrogen) atoms. The van der Waals surface area contributed by atoms with Crippen LogP contribution in [0.25, 0.3) is 0 Å². The monoisotopic (exact) mass is 268 g/mol. The van der Waals surface area contributed by atoms with Gasteiger partial charge in [0, 0.05) is 6.04 Å². The fourth-order valence-corrected chi connectivity index (χ4v) is 7.45. The van der Waals surface area contributed by atoms with Gasteiger partial charge in [0.1, 0.15) is 0 Å². The van der Waals surface area contributed by atoms with Crippen LogP contribution in [0.1, 0.15) is 32.1 Å². The lowest BCUT2D eigenvalue weighted by Crippen LogP contribution is -2.59. The lowest BCUT2D eigenvalue weighted by Gasteiger charge is -2.54. The Balaban J connectivity index is 1.88. The molecule has 3 aliphatic heterocycles. The van der Waals surface area contributed by atoms with Gasteiger partial charge in [0.05, 0.1) is 16.1 Å². The van der Waals surface area contributed by atoms with E-state index in [0.717, 1.165) is 6.42 Å². The molecule has 3 saturated heterocycles. The van der Waals surface area contributed by atoms with Gasteiger partial charge in [-0.3, -0.25) is 4.90 Å². The van der Waals surface area contributed by atoms with Gasteiger partial charge in [0.25, 0.3) is 0 Å². The summed E-state index contributed by atoms with van der Waals surface area (Å²) in [6.07, 6.45) is 6.35. The first-order valence-electron chi connectivity index (χ1n) is 6.77. The van der Waals surface area contributed by atoms with Gasteiger partial charge in [0.2, 0.25) is 0 Å². The maximum absolute atomic E-state index is 9.45. The van der Waals surface area contributed by atoms with Crippen molar-refractivity contribution in [3.8, 4) is 6.07 Å². The fourth-order valence-electron chi connectivity index (χ4n) is 3.62. The zero-order chi connectivity index (χ0) is 11.7. The van der Waals surface area contributed by atoms with Crippen LogP contribution in [-0.4, -0.2) is 39.6 Å². The topological polar surface area (TPSA) is 27.0 Å². The largest absolute Gasteiger partial charge is 0.297 e. The van der Waals surface area contributed by atoms with E-state index in [-0.39, 0.29) is 5.92 Å². The van der Waals surface area contributed by atoms with Crippen molar-refractivity contribution in [3.63, 3.8) is 0 Å². The minimum absolute atomic E-state index is 0.280. The van der Waals surface area contributed by atoms with Gasteiger partial charge in [0.15, 0.2) is 0 Å². The van der Waals surface area contributed by atoms with Gasteiger partial charge in [-0.25, -0.2) is 0 Å². The van der Waals surface area contributed by atoms with Gasteiger partial charge < -0.3 is 0 Å². The summed E-state index contributed by atoms with van der Waals surface area (Å²) < 4.78 is 0.358. The predicted octanol–water partition coefficient (Wildman–Crippen LogP) is 2.95. The molecule has 94 valence electrons. The molecule has 0 N–H and O–H groups in total. The van der Waals surface area contributed by atoms with E-state index in [9.17, 15) is 5.26 Å². The highest BCUT2D eigenvalue weighted by Gasteiger charge is 2.51. The first-order chi connectivity index (χ1) is 8.36. The third kappa shape index (κ3) is 2.11. The van der Waals surface area contributed by atoms with Crippen molar-refractivity contribution >= 4 is 23.5 Å². The fraction of sp³-hybridized carbons (Fsp3) is 0.923. The Morgan fingerprint density at radius 3 is 2.65 bits per heavy atom. The first-order valence-corrected chi connectivity index (χ1v) is 8.74. The number of rotatable bonds is 0. The standard InChI is InChI=1S/C13H20N2S2/c14-10-11-4-1-6-15-7-2-5-13(12(11)15)16-8-3-9-17-13/h11-12H,1-9H2/t11-,12-/m1/s1. The van der Waals surface area contributed by atoms with Gasteiger partial charge in [-0.2, -0.15) is 5.26 Å². The Kier molecular flexibility index (Phi) is 3.61. The molecule has 0 aliphatic carbocycles. The molecule has 3 aliphatic rings. The van der Waals surface area contributed by atoms with Gasteiger partial charge in [-0.1, -0.05) is 0 Å². The molecule has 0 bridgehead atoms. The van der Waals surface area contributed by atoms with E-state index in [1.807, 2.05) is 0 Å². The molecule has 0 aromatic rings. The summed E-state index contributed by atoms with van der Waals surface area (Å²) in [5.41, 5.74) is 0. The molecule has 4 heteroatoms. The van der Waals surface area contributed by atoms with Crippen LogP contribution in [0.5, 0.6) is 0 Å². The van der Waals surface area contributed by atoms with Gasteiger partial charge >= 0.3 is 0 Å². The highest BCUT2D eigenvalue weighted by molar-refractivity contribution is 8.18. The van der Waals surface area contributed by atoms with Crippen LogP contribution >= 0.6 is 23.5 Å². The van der Waals surface area contributed by atoms with Crippen LogP contribution in [0, 0.1) is 17.2 Å². The van der Waals surface area contributed by atoms with Crippen LogP contribution < -0.4 is 0 Å². The normalized spacial score (nSPS) is 37.4. The Hall–Kier alpha value is 0.150. The predicted molar refractivity (Wildman–Crippen MR) is 75.2 cm³/mol. The Morgan fingerprint density at radius 1 is 1.12 bits per heavy atom. The molecule has 0 unspecified atom stereocenters. The maximum Gasteiger partial charge on any atom is 0.0778 e. The molecule has 0 radical (unpaired) electrons. The average molecular weight is 268 g/mol. The van der Waals surface area contributed by atoms with Crippen molar-refractivity contribution in [2.45, 2.75) is 42.2 Å². The van der Waals surface area contributed by atoms with Crippen LogP contribution in [0.3, 0.4) is 0 Å². The molecule has 2 nitrogen and oxygen atoms in total. The van der Waals surface area contributed by atoms with Gasteiger partial charge in [-0.05, 0) is 56.7 Å². The molecule has 3 rings (SSSR count). The van der Waals surface area contributed by atoms with E-state index < -0.39 is 0 Å². The second-order valence-corrected chi connectivity index (χ2v) is 8.43. The maximum atomic E-state index is 9.45. The Bertz CT molecular complexity index is 312. The summed E-state index contributed by atoms with van der Waals surface area (Å²) in [5, 5.41) is 9.45. The molecule has 0 aromatic heterocycles. The van der Waals surface area contributed by atoms with E-state index in [0.29, 0.717) is 10.1 Å². The third-order valence-electron chi connectivity index (χ3n) is 4.30. The molecular formula is C13H20N2S2. The van der Waals surface area contributed by atoms with Crippen molar-refractivity contribution in [2.24, 2.45) is 5.92 Å². The molecule has 0 amide bonds. The van der Waals surface area contributed by atoms with Crippen molar-refractivity contribution < 1.29 is 0 Å². The van der Waals surface area contributed by atoms with Crippen LogP contribution in [0.2, 0.25) is 0 Å². The lowest BCUT2D eigenvalue weighted by atomic mass is 9.83. The zero-order valence-corrected chi connectivity index (χ0v) is 11.9. The summed E-state index contributed by atoms with van der Waals surface area (Å²) in [6, 6.07) is 3.14. The highest BCUT2D eigenvalue weighted by atomic mass is 32.2. The number of piperidine rings is 2. The van der Waals surface area contributed by atoms with Crippen LogP contribution in [0.4, 0.5) is 0 Å². The number of hydrogen-bond donors (Lipinski definition) is 0. The summed E-state index contributed by atoms with van der Waals surface area (Å²) in [7, 11) is 0. The number of hydrogen-bond acceptors (Lipinski definition) is 4. The zero-order valence-electron chi connectivity index (χ0n) is 10.2. The number of nitriles is 1. The first kappa shape index (κ1) is 12.2. The molecule has 3 heterocycles. The molecule has 1 spiro atoms. The van der Waals surface area contributed by atoms with E-state index in [2.05, 4.69) is 34.5 Å².